The minimum Gasteiger partial charge on any atom is -0.378 e. The van der Waals surface area contributed by atoms with Crippen LogP contribution in [0.3, 0.4) is 0 Å². The van der Waals surface area contributed by atoms with Crippen LogP contribution in [-0.2, 0) is 22.5 Å². The molecule has 8 heteroatoms. The monoisotopic (exact) mass is 360 g/mol. The summed E-state index contributed by atoms with van der Waals surface area (Å²) >= 11 is 1.60. The van der Waals surface area contributed by atoms with Gasteiger partial charge >= 0.3 is 0 Å². The first-order chi connectivity index (χ1) is 12.2. The van der Waals surface area contributed by atoms with E-state index in [9.17, 15) is 9.59 Å². The lowest BCUT2D eigenvalue weighted by Gasteiger charge is -2.26. The Morgan fingerprint density at radius 3 is 2.92 bits per heavy atom. The van der Waals surface area contributed by atoms with Gasteiger partial charge in [-0.3, -0.25) is 14.0 Å². The molecule has 0 aromatic carbocycles. The number of aromatic nitrogens is 3. The van der Waals surface area contributed by atoms with Gasteiger partial charge in [-0.25, -0.2) is 4.68 Å². The highest BCUT2D eigenvalue weighted by Crippen LogP contribution is 2.25. The third kappa shape index (κ3) is 2.85. The van der Waals surface area contributed by atoms with Gasteiger partial charge in [-0.15, -0.1) is 11.3 Å². The summed E-state index contributed by atoms with van der Waals surface area (Å²) in [7, 11) is 0. The van der Waals surface area contributed by atoms with E-state index in [0.717, 1.165) is 28.9 Å². The fourth-order valence-corrected chi connectivity index (χ4v) is 4.15. The van der Waals surface area contributed by atoms with Gasteiger partial charge < -0.3 is 9.64 Å². The van der Waals surface area contributed by atoms with Gasteiger partial charge in [0, 0.05) is 24.9 Å². The quantitative estimate of drug-likeness (QED) is 0.707. The lowest BCUT2D eigenvalue weighted by Crippen LogP contribution is -2.44. The van der Waals surface area contributed by atoms with E-state index in [1.165, 1.54) is 4.68 Å². The topological polar surface area (TPSA) is 68.8 Å². The number of ether oxygens (including phenoxy) is 1. The van der Waals surface area contributed by atoms with Crippen molar-refractivity contribution in [2.45, 2.75) is 26.3 Å². The van der Waals surface area contributed by atoms with Crippen LogP contribution in [0, 0.1) is 0 Å². The first kappa shape index (κ1) is 16.3. The maximum absolute atomic E-state index is 12.9. The van der Waals surface area contributed by atoms with Gasteiger partial charge in [-0.1, -0.05) is 6.92 Å². The molecule has 1 saturated heterocycles. The zero-order valence-corrected chi connectivity index (χ0v) is 14.9. The van der Waals surface area contributed by atoms with Crippen molar-refractivity contribution in [3.63, 3.8) is 0 Å². The number of rotatable bonds is 4. The molecule has 1 aliphatic heterocycles. The van der Waals surface area contributed by atoms with Gasteiger partial charge in [-0.2, -0.15) is 5.10 Å². The summed E-state index contributed by atoms with van der Waals surface area (Å²) < 4.78 is 8.54. The predicted octanol–water partition coefficient (Wildman–Crippen LogP) is 1.52. The Labute approximate surface area is 148 Å². The van der Waals surface area contributed by atoms with E-state index in [1.807, 2.05) is 21.9 Å². The van der Waals surface area contributed by atoms with Crippen molar-refractivity contribution in [2.75, 3.05) is 26.3 Å². The van der Waals surface area contributed by atoms with E-state index < -0.39 is 0 Å². The van der Waals surface area contributed by atoms with Gasteiger partial charge in [0.2, 0.25) is 5.91 Å². The molecule has 4 heterocycles. The molecule has 3 aromatic heterocycles. The van der Waals surface area contributed by atoms with Crippen LogP contribution in [-0.4, -0.2) is 51.3 Å². The number of nitrogens with zero attached hydrogens (tertiary/aromatic N) is 4. The van der Waals surface area contributed by atoms with Crippen LogP contribution in [0.5, 0.6) is 0 Å². The average molecular weight is 360 g/mol. The lowest BCUT2D eigenvalue weighted by molar-refractivity contribution is -0.136. The Morgan fingerprint density at radius 1 is 1.36 bits per heavy atom. The highest BCUT2D eigenvalue weighted by molar-refractivity contribution is 7.16. The Kier molecular flexibility index (Phi) is 4.30. The molecule has 1 aliphatic rings. The predicted molar refractivity (Wildman–Crippen MR) is 96.2 cm³/mol. The van der Waals surface area contributed by atoms with Crippen molar-refractivity contribution in [1.29, 1.82) is 0 Å². The second-order valence-corrected chi connectivity index (χ2v) is 7.06. The SMILES string of the molecule is CCCc1nn(CC(=O)N2CCOCC2)c(=O)c2cc3ccsc3n12. The molecule has 0 aliphatic carbocycles. The molecule has 1 amide bonds. The van der Waals surface area contributed by atoms with Gasteiger partial charge in [0.1, 0.15) is 22.7 Å². The molecule has 0 N–H and O–H groups in total. The molecular weight excluding hydrogens is 340 g/mol. The van der Waals surface area contributed by atoms with Crippen LogP contribution in [0.1, 0.15) is 19.2 Å². The molecule has 132 valence electrons. The van der Waals surface area contributed by atoms with E-state index in [0.29, 0.717) is 31.8 Å². The van der Waals surface area contributed by atoms with E-state index >= 15 is 0 Å². The molecule has 25 heavy (non-hydrogen) atoms. The zero-order chi connectivity index (χ0) is 17.4. The molecule has 0 bridgehead atoms. The molecule has 0 atom stereocenters. The van der Waals surface area contributed by atoms with Crippen molar-refractivity contribution < 1.29 is 9.53 Å². The first-order valence-corrected chi connectivity index (χ1v) is 9.41. The second kappa shape index (κ2) is 6.61. The van der Waals surface area contributed by atoms with Crippen molar-refractivity contribution >= 4 is 33.0 Å². The third-order valence-electron chi connectivity index (χ3n) is 4.48. The number of morpholine rings is 1. The van der Waals surface area contributed by atoms with Crippen LogP contribution in [0.15, 0.2) is 22.3 Å². The summed E-state index contributed by atoms with van der Waals surface area (Å²) in [6.07, 6.45) is 1.67. The highest BCUT2D eigenvalue weighted by Gasteiger charge is 2.20. The number of hydrogen-bond donors (Lipinski definition) is 0. The van der Waals surface area contributed by atoms with E-state index in [2.05, 4.69) is 12.0 Å². The van der Waals surface area contributed by atoms with Gasteiger partial charge in [0.05, 0.1) is 13.2 Å². The molecule has 0 saturated carbocycles. The standard InChI is InChI=1S/C17H20N4O3S/c1-2-3-14-18-20(11-15(22)19-5-7-24-8-6-19)16(23)13-10-12-4-9-25-17(12)21(13)14/h4,9-10H,2-3,5-8,11H2,1H3. The number of carbonyl (C=O) groups excluding carboxylic acids is 1. The average Bonchev–Trinajstić information content (AvgIpc) is 3.21. The summed E-state index contributed by atoms with van der Waals surface area (Å²) in [6, 6.07) is 3.90. The Balaban J connectivity index is 1.77. The molecule has 7 nitrogen and oxygen atoms in total. The van der Waals surface area contributed by atoms with Gasteiger partial charge in [-0.05, 0) is 23.9 Å². The maximum Gasteiger partial charge on any atom is 0.291 e. The summed E-state index contributed by atoms with van der Waals surface area (Å²) in [5.41, 5.74) is 0.375. The third-order valence-corrected chi connectivity index (χ3v) is 5.39. The number of carbonyl (C=O) groups is 1. The van der Waals surface area contributed by atoms with Crippen LogP contribution >= 0.6 is 11.3 Å². The number of fused-ring (bicyclic) bond motifs is 3. The van der Waals surface area contributed by atoms with Crippen LogP contribution in [0.4, 0.5) is 0 Å². The smallest absolute Gasteiger partial charge is 0.291 e. The highest BCUT2D eigenvalue weighted by atomic mass is 32.1. The van der Waals surface area contributed by atoms with Crippen molar-refractivity contribution in [2.24, 2.45) is 0 Å². The number of hydrogen-bond acceptors (Lipinski definition) is 5. The Hall–Kier alpha value is -2.19. The number of thiophene rings is 1. The minimum atomic E-state index is -0.218. The number of aryl methyl sites for hydroxylation is 1. The summed E-state index contributed by atoms with van der Waals surface area (Å²) in [5.74, 6) is 0.738. The Bertz CT molecular complexity index is 981. The largest absolute Gasteiger partial charge is 0.378 e. The summed E-state index contributed by atoms with van der Waals surface area (Å²) in [6.45, 7) is 4.28. The second-order valence-electron chi connectivity index (χ2n) is 6.17. The molecule has 3 aromatic rings. The lowest BCUT2D eigenvalue weighted by atomic mass is 10.3. The fraction of sp³-hybridized carbons (Fsp3) is 0.471. The van der Waals surface area contributed by atoms with Crippen LogP contribution in [0.25, 0.3) is 15.7 Å². The normalized spacial score (nSPS) is 15.3. The zero-order valence-electron chi connectivity index (χ0n) is 14.1. The van der Waals surface area contributed by atoms with Gasteiger partial charge in [0.25, 0.3) is 5.56 Å². The summed E-state index contributed by atoms with van der Waals surface area (Å²) in [5, 5.41) is 7.58. The van der Waals surface area contributed by atoms with Gasteiger partial charge in [0.15, 0.2) is 0 Å². The summed E-state index contributed by atoms with van der Waals surface area (Å²) in [4.78, 5) is 28.1. The molecular formula is C17H20N4O3S. The Morgan fingerprint density at radius 2 is 2.16 bits per heavy atom. The fourth-order valence-electron chi connectivity index (χ4n) is 3.23. The maximum atomic E-state index is 12.9. The molecule has 0 spiro atoms. The van der Waals surface area contributed by atoms with E-state index in [-0.39, 0.29) is 18.0 Å². The van der Waals surface area contributed by atoms with Crippen LogP contribution in [0.2, 0.25) is 0 Å². The van der Waals surface area contributed by atoms with Crippen molar-refractivity contribution in [3.8, 4) is 0 Å². The molecule has 1 fully saturated rings. The first-order valence-electron chi connectivity index (χ1n) is 8.53. The van der Waals surface area contributed by atoms with E-state index in [1.54, 1.807) is 16.2 Å². The minimum absolute atomic E-state index is 0.0229. The molecule has 0 radical (unpaired) electrons. The molecule has 4 rings (SSSR count). The van der Waals surface area contributed by atoms with E-state index in [4.69, 9.17) is 4.74 Å². The molecule has 0 unspecified atom stereocenters. The number of amides is 1. The van der Waals surface area contributed by atoms with Crippen molar-refractivity contribution in [1.82, 2.24) is 19.1 Å². The van der Waals surface area contributed by atoms with Crippen molar-refractivity contribution in [3.05, 3.63) is 33.7 Å². The van der Waals surface area contributed by atoms with Crippen LogP contribution < -0.4 is 5.56 Å².